The highest BCUT2D eigenvalue weighted by atomic mass is 16.1. The highest BCUT2D eigenvalue weighted by molar-refractivity contribution is 5.96. The first kappa shape index (κ1) is 9.63. The molecule has 2 heteroatoms. The van der Waals surface area contributed by atoms with Crippen LogP contribution >= 0.6 is 0 Å². The third-order valence-electron chi connectivity index (χ3n) is 3.39. The van der Waals surface area contributed by atoms with E-state index in [0.29, 0.717) is 18.6 Å². The Morgan fingerprint density at radius 2 is 2.00 bits per heavy atom. The van der Waals surface area contributed by atoms with E-state index in [0.717, 1.165) is 12.8 Å². The predicted molar refractivity (Wildman–Crippen MR) is 53.8 cm³/mol. The quantitative estimate of drug-likeness (QED) is 0.590. The lowest BCUT2D eigenvalue weighted by atomic mass is 9.74. The summed E-state index contributed by atoms with van der Waals surface area (Å²) in [5, 5.41) is 0. The van der Waals surface area contributed by atoms with E-state index in [1.54, 1.807) is 6.08 Å². The summed E-state index contributed by atoms with van der Waals surface area (Å²) >= 11 is 0. The fourth-order valence-electron chi connectivity index (χ4n) is 2.77. The van der Waals surface area contributed by atoms with Crippen LogP contribution in [0.4, 0.5) is 0 Å². The van der Waals surface area contributed by atoms with Gasteiger partial charge in [-0.15, -0.1) is 0 Å². The van der Waals surface area contributed by atoms with Crippen molar-refractivity contribution < 1.29 is 9.59 Å². The van der Waals surface area contributed by atoms with Gasteiger partial charge in [-0.05, 0) is 24.3 Å². The molecule has 0 N–H and O–H groups in total. The maximum atomic E-state index is 11.9. The summed E-state index contributed by atoms with van der Waals surface area (Å²) in [7, 11) is 0. The molecular weight excluding hydrogens is 176 g/mol. The van der Waals surface area contributed by atoms with Crippen molar-refractivity contribution in [3.63, 3.8) is 0 Å². The standard InChI is InChI=1S/C12H16O2/c1-11(2)7-10(14)12(8-11)5-3-9(13)4-6-12/h3,5H,4,6-8H2,1-2H3. The normalized spacial score (nSPS) is 35.6. The Bertz CT molecular complexity index is 325. The zero-order valence-corrected chi connectivity index (χ0v) is 8.80. The molecule has 2 nitrogen and oxygen atoms in total. The fraction of sp³-hybridized carbons (Fsp3) is 0.667. The number of hydrogen-bond acceptors (Lipinski definition) is 2. The Morgan fingerprint density at radius 1 is 1.29 bits per heavy atom. The molecule has 76 valence electrons. The van der Waals surface area contributed by atoms with Gasteiger partial charge in [0.15, 0.2) is 5.78 Å². The van der Waals surface area contributed by atoms with Crippen LogP contribution in [0.3, 0.4) is 0 Å². The fourth-order valence-corrected chi connectivity index (χ4v) is 2.77. The molecule has 0 amide bonds. The number of allylic oxidation sites excluding steroid dienone is 2. The lowest BCUT2D eigenvalue weighted by Crippen LogP contribution is -2.27. The van der Waals surface area contributed by atoms with Crippen LogP contribution in [0, 0.1) is 10.8 Å². The number of rotatable bonds is 0. The van der Waals surface area contributed by atoms with Crippen LogP contribution in [0.1, 0.15) is 39.5 Å². The molecule has 0 saturated heterocycles. The zero-order chi connectivity index (χ0) is 10.4. The molecule has 1 fully saturated rings. The second-order valence-electron chi connectivity index (χ2n) is 5.40. The highest BCUT2D eigenvalue weighted by Gasteiger charge is 2.49. The van der Waals surface area contributed by atoms with Crippen molar-refractivity contribution in [2.24, 2.45) is 10.8 Å². The Morgan fingerprint density at radius 3 is 2.43 bits per heavy atom. The van der Waals surface area contributed by atoms with E-state index in [2.05, 4.69) is 13.8 Å². The van der Waals surface area contributed by atoms with Gasteiger partial charge in [0, 0.05) is 18.3 Å². The van der Waals surface area contributed by atoms with Crippen molar-refractivity contribution in [1.82, 2.24) is 0 Å². The van der Waals surface area contributed by atoms with Gasteiger partial charge in [0.1, 0.15) is 5.78 Å². The summed E-state index contributed by atoms with van der Waals surface area (Å²) in [6.07, 6.45) is 6.29. The van der Waals surface area contributed by atoms with Crippen LogP contribution < -0.4 is 0 Å². The number of carbonyl (C=O) groups excluding carboxylic acids is 2. The van der Waals surface area contributed by atoms with E-state index in [4.69, 9.17) is 0 Å². The van der Waals surface area contributed by atoms with Gasteiger partial charge in [-0.2, -0.15) is 0 Å². The first-order chi connectivity index (χ1) is 6.44. The monoisotopic (exact) mass is 192 g/mol. The largest absolute Gasteiger partial charge is 0.299 e. The summed E-state index contributed by atoms with van der Waals surface area (Å²) in [6, 6.07) is 0. The molecule has 1 saturated carbocycles. The van der Waals surface area contributed by atoms with Gasteiger partial charge in [-0.1, -0.05) is 19.9 Å². The molecule has 0 aromatic rings. The molecule has 2 aliphatic rings. The molecule has 0 aromatic carbocycles. The summed E-state index contributed by atoms with van der Waals surface area (Å²) in [4.78, 5) is 23.0. The van der Waals surface area contributed by atoms with Gasteiger partial charge in [-0.3, -0.25) is 9.59 Å². The molecule has 14 heavy (non-hydrogen) atoms. The predicted octanol–water partition coefficient (Wildman–Crippen LogP) is 2.28. The lowest BCUT2D eigenvalue weighted by Gasteiger charge is -2.27. The molecule has 0 heterocycles. The van der Waals surface area contributed by atoms with E-state index in [-0.39, 0.29) is 16.6 Å². The lowest BCUT2D eigenvalue weighted by molar-refractivity contribution is -0.125. The summed E-state index contributed by atoms with van der Waals surface area (Å²) in [5.74, 6) is 0.486. The molecule has 0 bridgehead atoms. The first-order valence-electron chi connectivity index (χ1n) is 5.19. The average molecular weight is 192 g/mol. The summed E-state index contributed by atoms with van der Waals surface area (Å²) in [6.45, 7) is 4.26. The van der Waals surface area contributed by atoms with Gasteiger partial charge in [0.25, 0.3) is 0 Å². The summed E-state index contributed by atoms with van der Waals surface area (Å²) in [5.41, 5.74) is -0.181. The van der Waals surface area contributed by atoms with Crippen LogP contribution in [0.15, 0.2) is 12.2 Å². The minimum absolute atomic E-state index is 0.113. The molecule has 1 atom stereocenters. The van der Waals surface area contributed by atoms with Crippen LogP contribution in [0.2, 0.25) is 0 Å². The number of carbonyl (C=O) groups is 2. The first-order valence-corrected chi connectivity index (χ1v) is 5.19. The minimum atomic E-state index is -0.294. The second kappa shape index (κ2) is 2.78. The van der Waals surface area contributed by atoms with E-state index < -0.39 is 0 Å². The van der Waals surface area contributed by atoms with Crippen LogP contribution in [-0.4, -0.2) is 11.6 Å². The number of Topliss-reactive ketones (excluding diaryl/α,β-unsaturated/α-hetero) is 1. The smallest absolute Gasteiger partial charge is 0.155 e. The minimum Gasteiger partial charge on any atom is -0.299 e. The van der Waals surface area contributed by atoms with Gasteiger partial charge in [0.05, 0.1) is 0 Å². The molecule has 1 unspecified atom stereocenters. The topological polar surface area (TPSA) is 34.1 Å². The molecular formula is C12H16O2. The Labute approximate surface area is 84.4 Å². The summed E-state index contributed by atoms with van der Waals surface area (Å²) < 4.78 is 0. The van der Waals surface area contributed by atoms with E-state index in [1.165, 1.54) is 0 Å². The molecule has 1 spiro atoms. The van der Waals surface area contributed by atoms with Crippen LogP contribution in [0.5, 0.6) is 0 Å². The van der Waals surface area contributed by atoms with Crippen LogP contribution in [-0.2, 0) is 9.59 Å². The SMILES string of the molecule is CC1(C)CC(=O)C2(C=CC(=O)CC2)C1. The maximum Gasteiger partial charge on any atom is 0.155 e. The van der Waals surface area contributed by atoms with Gasteiger partial charge < -0.3 is 0 Å². The number of ketones is 2. The van der Waals surface area contributed by atoms with Crippen molar-refractivity contribution in [2.45, 2.75) is 39.5 Å². The van der Waals surface area contributed by atoms with Crippen LogP contribution in [0.25, 0.3) is 0 Å². The van der Waals surface area contributed by atoms with Crippen molar-refractivity contribution >= 4 is 11.6 Å². The third kappa shape index (κ3) is 1.43. The van der Waals surface area contributed by atoms with Gasteiger partial charge in [0.2, 0.25) is 0 Å². The molecule has 0 aliphatic heterocycles. The van der Waals surface area contributed by atoms with Crippen molar-refractivity contribution in [3.05, 3.63) is 12.2 Å². The third-order valence-corrected chi connectivity index (χ3v) is 3.39. The number of hydrogen-bond donors (Lipinski definition) is 0. The van der Waals surface area contributed by atoms with E-state index in [9.17, 15) is 9.59 Å². The molecule has 2 rings (SSSR count). The Hall–Kier alpha value is -0.920. The highest BCUT2D eigenvalue weighted by Crippen LogP contribution is 2.50. The second-order valence-corrected chi connectivity index (χ2v) is 5.40. The Balaban J connectivity index is 2.30. The van der Waals surface area contributed by atoms with Crippen molar-refractivity contribution in [3.8, 4) is 0 Å². The van der Waals surface area contributed by atoms with E-state index >= 15 is 0 Å². The van der Waals surface area contributed by atoms with Gasteiger partial charge >= 0.3 is 0 Å². The maximum absolute atomic E-state index is 11.9. The molecule has 0 aromatic heterocycles. The Kier molecular flexibility index (Phi) is 1.91. The average Bonchev–Trinajstić information content (AvgIpc) is 2.29. The molecule has 0 radical (unpaired) electrons. The van der Waals surface area contributed by atoms with E-state index in [1.807, 2.05) is 6.08 Å². The van der Waals surface area contributed by atoms with Crippen molar-refractivity contribution in [2.75, 3.05) is 0 Å². The molecule has 2 aliphatic carbocycles. The van der Waals surface area contributed by atoms with Gasteiger partial charge in [-0.25, -0.2) is 0 Å². The zero-order valence-electron chi connectivity index (χ0n) is 8.80. The van der Waals surface area contributed by atoms with Crippen molar-refractivity contribution in [1.29, 1.82) is 0 Å².